The summed E-state index contributed by atoms with van der Waals surface area (Å²) in [7, 11) is 0. The van der Waals surface area contributed by atoms with Gasteiger partial charge in [-0.2, -0.15) is 0 Å². The van der Waals surface area contributed by atoms with Gasteiger partial charge in [0.15, 0.2) is 0 Å². The molecule has 8 heteroatoms. The summed E-state index contributed by atoms with van der Waals surface area (Å²) in [6.45, 7) is 0. The van der Waals surface area contributed by atoms with Crippen LogP contribution < -0.4 is 5.32 Å². The lowest BCUT2D eigenvalue weighted by atomic mass is 10.2. The van der Waals surface area contributed by atoms with E-state index in [1.165, 1.54) is 24.3 Å². The molecule has 0 atom stereocenters. The van der Waals surface area contributed by atoms with Gasteiger partial charge in [-0.25, -0.2) is 8.78 Å². The van der Waals surface area contributed by atoms with E-state index in [1.807, 2.05) is 0 Å². The fourth-order valence-electron chi connectivity index (χ4n) is 1.63. The first-order valence-electron chi connectivity index (χ1n) is 6.08. The van der Waals surface area contributed by atoms with Crippen molar-refractivity contribution < 1.29 is 18.5 Å². The predicted molar refractivity (Wildman–Crippen MR) is 78.8 cm³/mol. The zero-order valence-corrected chi connectivity index (χ0v) is 11.9. The Kier molecular flexibility index (Phi) is 5.05. The van der Waals surface area contributed by atoms with E-state index >= 15 is 0 Å². The zero-order chi connectivity index (χ0) is 16.1. The highest BCUT2D eigenvalue weighted by molar-refractivity contribution is 8.00. The summed E-state index contributed by atoms with van der Waals surface area (Å²) in [4.78, 5) is 22.5. The van der Waals surface area contributed by atoms with E-state index in [1.54, 1.807) is 0 Å². The summed E-state index contributed by atoms with van der Waals surface area (Å²) in [5.41, 5.74) is -0.587. The van der Waals surface area contributed by atoms with Crippen LogP contribution in [-0.4, -0.2) is 16.6 Å². The van der Waals surface area contributed by atoms with Crippen molar-refractivity contribution in [2.75, 3.05) is 11.1 Å². The minimum absolute atomic E-state index is 0.0137. The second-order valence-electron chi connectivity index (χ2n) is 4.21. The number of hydrogen-bond donors (Lipinski definition) is 1. The van der Waals surface area contributed by atoms with Gasteiger partial charge in [-0.3, -0.25) is 14.9 Å². The fourth-order valence-corrected chi connectivity index (χ4v) is 2.33. The standard InChI is InChI=1S/C14H10F2N2O3S/c15-9-1-4-11(5-2-9)22-8-14(19)17-12-6-3-10(16)7-13(12)18(20)21/h1-7H,8H2,(H,17,19). The number of halogens is 2. The van der Waals surface area contributed by atoms with Crippen molar-refractivity contribution in [2.45, 2.75) is 4.90 Å². The molecule has 22 heavy (non-hydrogen) atoms. The number of rotatable bonds is 5. The lowest BCUT2D eigenvalue weighted by Gasteiger charge is -2.06. The van der Waals surface area contributed by atoms with Gasteiger partial charge in [0.05, 0.1) is 16.7 Å². The molecule has 0 saturated heterocycles. The molecule has 0 aliphatic carbocycles. The first-order chi connectivity index (χ1) is 10.5. The molecule has 0 spiro atoms. The summed E-state index contributed by atoms with van der Waals surface area (Å²) in [5, 5.41) is 13.2. The number of nitrogens with zero attached hydrogens (tertiary/aromatic N) is 1. The lowest BCUT2D eigenvalue weighted by Crippen LogP contribution is -2.15. The molecular formula is C14H10F2N2O3S. The van der Waals surface area contributed by atoms with Crippen molar-refractivity contribution in [1.29, 1.82) is 0 Å². The topological polar surface area (TPSA) is 72.2 Å². The highest BCUT2D eigenvalue weighted by atomic mass is 32.2. The minimum Gasteiger partial charge on any atom is -0.320 e. The number of nitrogens with one attached hydrogen (secondary N) is 1. The number of carbonyl (C=O) groups is 1. The van der Waals surface area contributed by atoms with Gasteiger partial charge in [-0.05, 0) is 36.4 Å². The first kappa shape index (κ1) is 15.9. The van der Waals surface area contributed by atoms with Crippen molar-refractivity contribution in [3.05, 3.63) is 64.2 Å². The predicted octanol–water partition coefficient (Wildman–Crippen LogP) is 3.60. The van der Waals surface area contributed by atoms with Crippen molar-refractivity contribution in [2.24, 2.45) is 0 Å². The Hall–Kier alpha value is -2.48. The Labute approximate surface area is 128 Å². The van der Waals surface area contributed by atoms with E-state index in [0.29, 0.717) is 4.90 Å². The summed E-state index contributed by atoms with van der Waals surface area (Å²) in [6, 6.07) is 8.48. The quantitative estimate of drug-likeness (QED) is 0.518. The van der Waals surface area contributed by atoms with Gasteiger partial charge in [0.2, 0.25) is 5.91 Å². The number of thioether (sulfide) groups is 1. The van der Waals surface area contributed by atoms with Crippen LogP contribution in [-0.2, 0) is 4.79 Å². The summed E-state index contributed by atoms with van der Waals surface area (Å²) in [6.07, 6.45) is 0. The number of nitro benzene ring substituents is 1. The highest BCUT2D eigenvalue weighted by Crippen LogP contribution is 2.25. The van der Waals surface area contributed by atoms with Crippen LogP contribution in [0.5, 0.6) is 0 Å². The number of carbonyl (C=O) groups excluding carboxylic acids is 1. The van der Waals surface area contributed by atoms with Crippen LogP contribution in [0.1, 0.15) is 0 Å². The second-order valence-corrected chi connectivity index (χ2v) is 5.26. The highest BCUT2D eigenvalue weighted by Gasteiger charge is 2.17. The third-order valence-corrected chi connectivity index (χ3v) is 3.63. The van der Waals surface area contributed by atoms with Gasteiger partial charge in [0.25, 0.3) is 5.69 Å². The second kappa shape index (κ2) is 6.99. The third kappa shape index (κ3) is 4.26. The first-order valence-corrected chi connectivity index (χ1v) is 7.06. The molecule has 1 amide bonds. The average molecular weight is 324 g/mol. The Morgan fingerprint density at radius 2 is 1.77 bits per heavy atom. The third-order valence-electron chi connectivity index (χ3n) is 2.61. The monoisotopic (exact) mass is 324 g/mol. The molecule has 0 aliphatic heterocycles. The SMILES string of the molecule is O=C(CSc1ccc(F)cc1)Nc1ccc(F)cc1[N+](=O)[O-]. The van der Waals surface area contributed by atoms with Crippen LogP contribution >= 0.6 is 11.8 Å². The minimum atomic E-state index is -0.772. The number of nitro groups is 1. The van der Waals surface area contributed by atoms with E-state index in [-0.39, 0.29) is 17.3 Å². The molecule has 0 fully saturated rings. The van der Waals surface area contributed by atoms with Crippen molar-refractivity contribution >= 4 is 29.0 Å². The molecule has 2 rings (SSSR count). The Morgan fingerprint density at radius 1 is 1.14 bits per heavy atom. The Balaban J connectivity index is 2.00. The van der Waals surface area contributed by atoms with Gasteiger partial charge in [-0.15, -0.1) is 11.8 Å². The van der Waals surface area contributed by atoms with Crippen molar-refractivity contribution in [3.8, 4) is 0 Å². The maximum Gasteiger partial charge on any atom is 0.295 e. The molecular weight excluding hydrogens is 314 g/mol. The van der Waals surface area contributed by atoms with Crippen LogP contribution in [0.3, 0.4) is 0 Å². The average Bonchev–Trinajstić information content (AvgIpc) is 2.48. The van der Waals surface area contributed by atoms with E-state index in [9.17, 15) is 23.7 Å². The number of anilines is 1. The van der Waals surface area contributed by atoms with Gasteiger partial charge in [0, 0.05) is 4.90 Å². The molecule has 0 saturated carbocycles. The molecule has 0 radical (unpaired) electrons. The number of benzene rings is 2. The van der Waals surface area contributed by atoms with E-state index in [4.69, 9.17) is 0 Å². The fraction of sp³-hybridized carbons (Fsp3) is 0.0714. The summed E-state index contributed by atoms with van der Waals surface area (Å²) >= 11 is 1.15. The lowest BCUT2D eigenvalue weighted by molar-refractivity contribution is -0.384. The normalized spacial score (nSPS) is 10.3. The maximum absolute atomic E-state index is 13.0. The van der Waals surface area contributed by atoms with Crippen LogP contribution in [0.15, 0.2) is 47.4 Å². The van der Waals surface area contributed by atoms with E-state index < -0.39 is 22.3 Å². The Bertz CT molecular complexity index is 708. The van der Waals surface area contributed by atoms with Gasteiger partial charge in [0.1, 0.15) is 17.3 Å². The van der Waals surface area contributed by atoms with Gasteiger partial charge in [-0.1, -0.05) is 0 Å². The van der Waals surface area contributed by atoms with Crippen LogP contribution in [0.4, 0.5) is 20.2 Å². The van der Waals surface area contributed by atoms with E-state index in [2.05, 4.69) is 5.32 Å². The van der Waals surface area contributed by atoms with Crippen molar-refractivity contribution in [1.82, 2.24) is 0 Å². The summed E-state index contributed by atoms with van der Waals surface area (Å²) < 4.78 is 25.7. The molecule has 0 aliphatic rings. The number of amides is 1. The van der Waals surface area contributed by atoms with Crippen LogP contribution in [0.25, 0.3) is 0 Å². The number of hydrogen-bond acceptors (Lipinski definition) is 4. The van der Waals surface area contributed by atoms with Crippen molar-refractivity contribution in [3.63, 3.8) is 0 Å². The molecule has 0 bridgehead atoms. The molecule has 0 unspecified atom stereocenters. The maximum atomic E-state index is 13.0. The zero-order valence-electron chi connectivity index (χ0n) is 11.1. The Morgan fingerprint density at radius 3 is 2.41 bits per heavy atom. The molecule has 0 aromatic heterocycles. The molecule has 1 N–H and O–H groups in total. The largest absolute Gasteiger partial charge is 0.320 e. The van der Waals surface area contributed by atoms with Crippen LogP contribution in [0.2, 0.25) is 0 Å². The summed E-state index contributed by atoms with van der Waals surface area (Å²) in [5.74, 6) is -1.63. The molecule has 0 heterocycles. The molecule has 5 nitrogen and oxygen atoms in total. The smallest absolute Gasteiger partial charge is 0.295 e. The van der Waals surface area contributed by atoms with Gasteiger partial charge >= 0.3 is 0 Å². The van der Waals surface area contributed by atoms with Gasteiger partial charge < -0.3 is 5.32 Å². The molecule has 2 aromatic rings. The van der Waals surface area contributed by atoms with Crippen LogP contribution in [0, 0.1) is 21.7 Å². The molecule has 114 valence electrons. The van der Waals surface area contributed by atoms with E-state index in [0.717, 1.165) is 30.0 Å². The molecule has 2 aromatic carbocycles.